The monoisotopic (exact) mass is 224 g/mol. The van der Waals surface area contributed by atoms with Crippen molar-refractivity contribution < 1.29 is 9.53 Å². The molecule has 1 amide bonds. The maximum Gasteiger partial charge on any atom is 0.410 e. The Labute approximate surface area is 97.3 Å². The molecule has 0 aromatic carbocycles. The maximum atomic E-state index is 11.7. The molecule has 0 aromatic heterocycles. The Morgan fingerprint density at radius 1 is 1.50 bits per heavy atom. The first kappa shape index (κ1) is 12.7. The molecule has 1 fully saturated rings. The summed E-state index contributed by atoms with van der Waals surface area (Å²) in [4.78, 5) is 13.4. The van der Waals surface area contributed by atoms with Crippen LogP contribution < -0.4 is 5.32 Å². The molecule has 0 unspecified atom stereocenters. The number of likely N-dealkylation sites (tertiary alicyclic amines) is 1. The third-order valence-corrected chi connectivity index (χ3v) is 2.24. The number of hydrogen-bond acceptors (Lipinski definition) is 3. The molecule has 4 nitrogen and oxygen atoms in total. The Bertz CT molecular complexity index is 309. The lowest BCUT2D eigenvalue weighted by atomic mass is 10.2. The van der Waals surface area contributed by atoms with Gasteiger partial charge in [0.1, 0.15) is 5.60 Å². The van der Waals surface area contributed by atoms with E-state index in [1.54, 1.807) is 11.8 Å². The number of carbonyl (C=O) groups is 1. The van der Waals surface area contributed by atoms with Crippen molar-refractivity contribution in [2.75, 3.05) is 13.1 Å². The average Bonchev–Trinajstić information content (AvgIpc) is 2.60. The van der Waals surface area contributed by atoms with E-state index in [1.807, 2.05) is 20.8 Å². The summed E-state index contributed by atoms with van der Waals surface area (Å²) in [7, 11) is 0. The minimum atomic E-state index is -0.425. The number of nitrogens with zero attached hydrogens (tertiary/aromatic N) is 1. The second kappa shape index (κ2) is 5.11. The SMILES string of the molecule is CC#CN[C@@H]1CCN(C(=O)OC(C)(C)C)C1. The van der Waals surface area contributed by atoms with Gasteiger partial charge < -0.3 is 15.0 Å². The summed E-state index contributed by atoms with van der Waals surface area (Å²) in [5.74, 6) is 2.78. The number of ether oxygens (including phenoxy) is 1. The first-order chi connectivity index (χ1) is 7.42. The molecule has 0 saturated carbocycles. The summed E-state index contributed by atoms with van der Waals surface area (Å²) < 4.78 is 5.30. The quantitative estimate of drug-likeness (QED) is 0.543. The zero-order chi connectivity index (χ0) is 12.2. The third-order valence-electron chi connectivity index (χ3n) is 2.24. The van der Waals surface area contributed by atoms with Crippen molar-refractivity contribution in [2.24, 2.45) is 0 Å². The van der Waals surface area contributed by atoms with E-state index in [9.17, 15) is 4.79 Å². The van der Waals surface area contributed by atoms with Gasteiger partial charge in [0.05, 0.1) is 6.04 Å². The third kappa shape index (κ3) is 4.01. The lowest BCUT2D eigenvalue weighted by Crippen LogP contribution is -2.37. The van der Waals surface area contributed by atoms with Gasteiger partial charge in [0.15, 0.2) is 0 Å². The highest BCUT2D eigenvalue weighted by Gasteiger charge is 2.29. The van der Waals surface area contributed by atoms with Crippen LogP contribution in [0.3, 0.4) is 0 Å². The van der Waals surface area contributed by atoms with E-state index >= 15 is 0 Å². The van der Waals surface area contributed by atoms with Crippen LogP contribution in [0.2, 0.25) is 0 Å². The lowest BCUT2D eigenvalue weighted by Gasteiger charge is -2.24. The highest BCUT2D eigenvalue weighted by atomic mass is 16.6. The molecule has 4 heteroatoms. The van der Waals surface area contributed by atoms with Crippen molar-refractivity contribution in [1.29, 1.82) is 0 Å². The fraction of sp³-hybridized carbons (Fsp3) is 0.750. The zero-order valence-electron chi connectivity index (χ0n) is 10.5. The van der Waals surface area contributed by atoms with Crippen LogP contribution in [0.4, 0.5) is 4.79 Å². The van der Waals surface area contributed by atoms with Crippen LogP contribution in [-0.4, -0.2) is 35.7 Å². The molecule has 0 aromatic rings. The molecule has 90 valence electrons. The molecule has 1 atom stereocenters. The molecular formula is C12H20N2O2. The van der Waals surface area contributed by atoms with Crippen LogP contribution in [0, 0.1) is 12.0 Å². The van der Waals surface area contributed by atoms with E-state index in [1.165, 1.54) is 0 Å². The summed E-state index contributed by atoms with van der Waals surface area (Å²) in [5.41, 5.74) is -0.425. The molecule has 1 heterocycles. The average molecular weight is 224 g/mol. The van der Waals surface area contributed by atoms with Gasteiger partial charge >= 0.3 is 6.09 Å². The number of nitrogens with one attached hydrogen (secondary N) is 1. The van der Waals surface area contributed by atoms with E-state index in [2.05, 4.69) is 17.3 Å². The summed E-state index contributed by atoms with van der Waals surface area (Å²) in [6, 6.07) is 3.08. The largest absolute Gasteiger partial charge is 0.444 e. The number of amides is 1. The molecule has 0 aliphatic carbocycles. The molecule has 1 N–H and O–H groups in total. The molecule has 1 rings (SSSR count). The summed E-state index contributed by atoms with van der Waals surface area (Å²) in [6.45, 7) is 8.81. The van der Waals surface area contributed by atoms with E-state index < -0.39 is 5.60 Å². The minimum absolute atomic E-state index is 0.235. The van der Waals surface area contributed by atoms with E-state index in [0.717, 1.165) is 13.0 Å². The molecule has 1 aliphatic rings. The highest BCUT2D eigenvalue weighted by Crippen LogP contribution is 2.14. The molecule has 16 heavy (non-hydrogen) atoms. The van der Waals surface area contributed by atoms with E-state index in [0.29, 0.717) is 6.54 Å². The van der Waals surface area contributed by atoms with Crippen LogP contribution in [-0.2, 0) is 4.74 Å². The predicted octanol–water partition coefficient (Wildman–Crippen LogP) is 1.57. The van der Waals surface area contributed by atoms with Crippen LogP contribution >= 0.6 is 0 Å². The lowest BCUT2D eigenvalue weighted by molar-refractivity contribution is 0.0292. The smallest absolute Gasteiger partial charge is 0.410 e. The number of carbonyl (C=O) groups excluding carboxylic acids is 1. The van der Waals surface area contributed by atoms with Crippen molar-refractivity contribution in [3.8, 4) is 12.0 Å². The fourth-order valence-electron chi connectivity index (χ4n) is 1.54. The van der Waals surface area contributed by atoms with Crippen molar-refractivity contribution >= 4 is 6.09 Å². The molecule has 0 radical (unpaired) electrons. The fourth-order valence-corrected chi connectivity index (χ4v) is 1.54. The van der Waals surface area contributed by atoms with Gasteiger partial charge in [-0.05, 0) is 34.1 Å². The van der Waals surface area contributed by atoms with Crippen molar-refractivity contribution in [3.05, 3.63) is 0 Å². The topological polar surface area (TPSA) is 41.6 Å². The van der Waals surface area contributed by atoms with Gasteiger partial charge in [-0.3, -0.25) is 0 Å². The summed E-state index contributed by atoms with van der Waals surface area (Å²) in [5, 5.41) is 3.07. The second-order valence-corrected chi connectivity index (χ2v) is 4.93. The first-order valence-electron chi connectivity index (χ1n) is 5.57. The van der Waals surface area contributed by atoms with Gasteiger partial charge in [-0.2, -0.15) is 0 Å². The number of hydrogen-bond donors (Lipinski definition) is 1. The molecule has 1 aliphatic heterocycles. The Kier molecular flexibility index (Phi) is 4.05. The Balaban J connectivity index is 2.40. The molecule has 1 saturated heterocycles. The number of rotatable bonds is 1. The predicted molar refractivity (Wildman–Crippen MR) is 62.8 cm³/mol. The van der Waals surface area contributed by atoms with Gasteiger partial charge in [-0.1, -0.05) is 5.92 Å². The Morgan fingerprint density at radius 3 is 2.75 bits per heavy atom. The van der Waals surface area contributed by atoms with E-state index in [4.69, 9.17) is 4.74 Å². The van der Waals surface area contributed by atoms with Crippen LogP contribution in [0.25, 0.3) is 0 Å². The van der Waals surface area contributed by atoms with Crippen molar-refractivity contribution in [1.82, 2.24) is 10.2 Å². The standard InChI is InChI=1S/C12H20N2O2/c1-5-7-13-10-6-8-14(9-10)11(15)16-12(2,3)4/h10,13H,6,8-9H2,1-4H3/t10-/m1/s1. The maximum absolute atomic E-state index is 11.7. The van der Waals surface area contributed by atoms with Gasteiger partial charge in [0.25, 0.3) is 0 Å². The normalized spacial score (nSPS) is 20.0. The molecule has 0 spiro atoms. The Morgan fingerprint density at radius 2 is 2.19 bits per heavy atom. The first-order valence-corrected chi connectivity index (χ1v) is 5.57. The van der Waals surface area contributed by atoms with E-state index in [-0.39, 0.29) is 12.1 Å². The minimum Gasteiger partial charge on any atom is -0.444 e. The van der Waals surface area contributed by atoms with Crippen molar-refractivity contribution in [3.63, 3.8) is 0 Å². The van der Waals surface area contributed by atoms with Gasteiger partial charge in [0.2, 0.25) is 0 Å². The van der Waals surface area contributed by atoms with Crippen molar-refractivity contribution in [2.45, 2.75) is 45.8 Å². The highest BCUT2D eigenvalue weighted by molar-refractivity contribution is 5.68. The molecule has 0 bridgehead atoms. The van der Waals surface area contributed by atoms with Crippen LogP contribution in [0.5, 0.6) is 0 Å². The summed E-state index contributed by atoms with van der Waals surface area (Å²) in [6.07, 6.45) is 0.690. The second-order valence-electron chi connectivity index (χ2n) is 4.93. The Hall–Kier alpha value is -1.37. The summed E-state index contributed by atoms with van der Waals surface area (Å²) >= 11 is 0. The van der Waals surface area contributed by atoms with Crippen LogP contribution in [0.1, 0.15) is 34.1 Å². The molecular weight excluding hydrogens is 204 g/mol. The van der Waals surface area contributed by atoms with Gasteiger partial charge in [-0.15, -0.1) is 0 Å². The van der Waals surface area contributed by atoms with Gasteiger partial charge in [-0.25, -0.2) is 4.79 Å². The van der Waals surface area contributed by atoms with Gasteiger partial charge in [0, 0.05) is 19.1 Å². The zero-order valence-corrected chi connectivity index (χ0v) is 10.5. The van der Waals surface area contributed by atoms with Crippen LogP contribution in [0.15, 0.2) is 0 Å².